The molecule has 3 heteroatoms. The van der Waals surface area contributed by atoms with E-state index in [0.717, 1.165) is 0 Å². The summed E-state index contributed by atoms with van der Waals surface area (Å²) in [6.07, 6.45) is 3.83. The molecule has 2 aliphatic rings. The summed E-state index contributed by atoms with van der Waals surface area (Å²) >= 11 is 1.94. The van der Waals surface area contributed by atoms with Gasteiger partial charge in [-0.3, -0.25) is 0 Å². The third-order valence-electron chi connectivity index (χ3n) is 2.21. The molecule has 0 aromatic heterocycles. The van der Waals surface area contributed by atoms with Gasteiger partial charge in [0.1, 0.15) is 24.7 Å². The first kappa shape index (κ1) is 7.35. The molecule has 4 unspecified atom stereocenters. The zero-order valence-corrected chi connectivity index (χ0v) is 7.51. The van der Waals surface area contributed by atoms with Crippen LogP contribution in [-0.2, 0) is 9.47 Å². The molecule has 2 nitrogen and oxygen atoms in total. The Morgan fingerprint density at radius 2 is 1.45 bits per heavy atom. The summed E-state index contributed by atoms with van der Waals surface area (Å²) in [6, 6.07) is 0. The molecule has 2 heterocycles. The molecule has 0 aliphatic carbocycles. The van der Waals surface area contributed by atoms with Gasteiger partial charge in [-0.2, -0.15) is 0 Å². The standard InChI is InChI=1S/C8H12O2S/c1-5-7-8(6(2)11-5)10-4-3-9-7/h3-8H,1-2H3. The van der Waals surface area contributed by atoms with Crippen molar-refractivity contribution < 1.29 is 9.47 Å². The van der Waals surface area contributed by atoms with Crippen LogP contribution in [0.2, 0.25) is 0 Å². The lowest BCUT2D eigenvalue weighted by Crippen LogP contribution is -2.35. The lowest BCUT2D eigenvalue weighted by Gasteiger charge is -2.25. The van der Waals surface area contributed by atoms with Gasteiger partial charge in [0.25, 0.3) is 0 Å². The Hall–Kier alpha value is -0.310. The molecule has 0 radical (unpaired) electrons. The van der Waals surface area contributed by atoms with Crippen LogP contribution in [0.5, 0.6) is 0 Å². The van der Waals surface area contributed by atoms with E-state index in [-0.39, 0.29) is 12.2 Å². The number of fused-ring (bicyclic) bond motifs is 1. The van der Waals surface area contributed by atoms with Gasteiger partial charge in [0.2, 0.25) is 0 Å². The second-order valence-corrected chi connectivity index (χ2v) is 4.78. The van der Waals surface area contributed by atoms with E-state index in [1.807, 2.05) is 11.8 Å². The molecule has 11 heavy (non-hydrogen) atoms. The zero-order valence-electron chi connectivity index (χ0n) is 6.69. The van der Waals surface area contributed by atoms with Gasteiger partial charge in [0.15, 0.2) is 0 Å². The predicted molar refractivity (Wildman–Crippen MR) is 45.4 cm³/mol. The van der Waals surface area contributed by atoms with Gasteiger partial charge in [0.05, 0.1) is 0 Å². The summed E-state index contributed by atoms with van der Waals surface area (Å²) in [4.78, 5) is 0. The Bertz CT molecular complexity index is 163. The molecule has 0 N–H and O–H groups in total. The Kier molecular flexibility index (Phi) is 1.75. The van der Waals surface area contributed by atoms with Gasteiger partial charge >= 0.3 is 0 Å². The zero-order chi connectivity index (χ0) is 7.84. The van der Waals surface area contributed by atoms with E-state index >= 15 is 0 Å². The highest BCUT2D eigenvalue weighted by atomic mass is 32.2. The lowest BCUT2D eigenvalue weighted by atomic mass is 10.1. The van der Waals surface area contributed by atoms with Crippen molar-refractivity contribution in [1.29, 1.82) is 0 Å². The minimum atomic E-state index is 0.264. The number of rotatable bonds is 0. The predicted octanol–water partition coefficient (Wildman–Crippen LogP) is 1.77. The Labute approximate surface area is 70.9 Å². The highest BCUT2D eigenvalue weighted by Crippen LogP contribution is 2.38. The van der Waals surface area contributed by atoms with Gasteiger partial charge < -0.3 is 9.47 Å². The number of ether oxygens (including phenoxy) is 2. The third kappa shape index (κ3) is 1.11. The highest BCUT2D eigenvalue weighted by Gasteiger charge is 2.43. The normalized spacial score (nSPS) is 47.8. The first-order valence-electron chi connectivity index (χ1n) is 3.90. The fraction of sp³-hybridized carbons (Fsp3) is 0.750. The van der Waals surface area contributed by atoms with E-state index in [0.29, 0.717) is 10.5 Å². The van der Waals surface area contributed by atoms with Crippen molar-refractivity contribution in [3.63, 3.8) is 0 Å². The van der Waals surface area contributed by atoms with Crippen LogP contribution < -0.4 is 0 Å². The average Bonchev–Trinajstić information content (AvgIpc) is 2.30. The molecule has 4 atom stereocenters. The van der Waals surface area contributed by atoms with Crippen molar-refractivity contribution in [3.8, 4) is 0 Å². The maximum atomic E-state index is 5.46. The Morgan fingerprint density at radius 3 is 1.91 bits per heavy atom. The van der Waals surface area contributed by atoms with E-state index in [4.69, 9.17) is 9.47 Å². The minimum Gasteiger partial charge on any atom is -0.490 e. The Morgan fingerprint density at radius 1 is 1.00 bits per heavy atom. The summed E-state index contributed by atoms with van der Waals surface area (Å²) in [5, 5.41) is 1.11. The van der Waals surface area contributed by atoms with Gasteiger partial charge in [-0.1, -0.05) is 0 Å². The molecule has 0 bridgehead atoms. The molecule has 2 aliphatic heterocycles. The van der Waals surface area contributed by atoms with Gasteiger partial charge in [-0.15, -0.1) is 11.8 Å². The smallest absolute Gasteiger partial charge is 0.147 e. The monoisotopic (exact) mass is 172 g/mol. The van der Waals surface area contributed by atoms with Crippen molar-refractivity contribution in [3.05, 3.63) is 12.5 Å². The van der Waals surface area contributed by atoms with Crippen LogP contribution in [0.15, 0.2) is 12.5 Å². The summed E-state index contributed by atoms with van der Waals surface area (Å²) < 4.78 is 10.9. The second-order valence-electron chi connectivity index (χ2n) is 3.02. The van der Waals surface area contributed by atoms with Crippen LogP contribution in [0.4, 0.5) is 0 Å². The summed E-state index contributed by atoms with van der Waals surface area (Å²) in [7, 11) is 0. The summed E-state index contributed by atoms with van der Waals surface area (Å²) in [5.41, 5.74) is 0. The van der Waals surface area contributed by atoms with Crippen molar-refractivity contribution in [2.45, 2.75) is 36.6 Å². The highest BCUT2D eigenvalue weighted by molar-refractivity contribution is 8.00. The van der Waals surface area contributed by atoms with Crippen LogP contribution in [0.1, 0.15) is 13.8 Å². The fourth-order valence-electron chi connectivity index (χ4n) is 1.65. The molecule has 0 aromatic carbocycles. The largest absolute Gasteiger partial charge is 0.490 e. The van der Waals surface area contributed by atoms with Gasteiger partial charge in [0, 0.05) is 10.5 Å². The quantitative estimate of drug-likeness (QED) is 0.555. The molecule has 0 amide bonds. The maximum Gasteiger partial charge on any atom is 0.147 e. The SMILES string of the molecule is CC1SC(C)C2OC=COC12. The maximum absolute atomic E-state index is 5.46. The molecule has 1 fully saturated rings. The van der Waals surface area contributed by atoms with Crippen molar-refractivity contribution in [1.82, 2.24) is 0 Å². The minimum absolute atomic E-state index is 0.264. The van der Waals surface area contributed by atoms with Gasteiger partial charge in [-0.05, 0) is 13.8 Å². The molecular weight excluding hydrogens is 160 g/mol. The topological polar surface area (TPSA) is 18.5 Å². The average molecular weight is 172 g/mol. The van der Waals surface area contributed by atoms with Crippen LogP contribution in [-0.4, -0.2) is 22.7 Å². The number of hydrogen-bond donors (Lipinski definition) is 0. The first-order valence-corrected chi connectivity index (χ1v) is 4.85. The van der Waals surface area contributed by atoms with E-state index in [1.165, 1.54) is 0 Å². The van der Waals surface area contributed by atoms with E-state index in [9.17, 15) is 0 Å². The van der Waals surface area contributed by atoms with Crippen LogP contribution >= 0.6 is 11.8 Å². The second kappa shape index (κ2) is 2.63. The molecule has 2 rings (SSSR count). The van der Waals surface area contributed by atoms with Crippen molar-refractivity contribution in [2.75, 3.05) is 0 Å². The first-order chi connectivity index (χ1) is 5.29. The summed E-state index contributed by atoms with van der Waals surface area (Å²) in [5.74, 6) is 0. The number of thioether (sulfide) groups is 1. The molecule has 0 aromatic rings. The van der Waals surface area contributed by atoms with E-state index < -0.39 is 0 Å². The lowest BCUT2D eigenvalue weighted by molar-refractivity contribution is -0.0207. The van der Waals surface area contributed by atoms with E-state index in [1.54, 1.807) is 12.5 Å². The van der Waals surface area contributed by atoms with Crippen molar-refractivity contribution >= 4 is 11.8 Å². The molecule has 0 saturated carbocycles. The molecule has 1 saturated heterocycles. The summed E-state index contributed by atoms with van der Waals surface area (Å²) in [6.45, 7) is 4.38. The van der Waals surface area contributed by atoms with Crippen LogP contribution in [0.3, 0.4) is 0 Å². The fourth-order valence-corrected chi connectivity index (χ4v) is 3.07. The van der Waals surface area contributed by atoms with E-state index in [2.05, 4.69) is 13.8 Å². The molecular formula is C8H12O2S. The number of hydrogen-bond acceptors (Lipinski definition) is 3. The Balaban J connectivity index is 2.14. The third-order valence-corrected chi connectivity index (χ3v) is 3.60. The molecule has 0 spiro atoms. The van der Waals surface area contributed by atoms with Gasteiger partial charge in [-0.25, -0.2) is 0 Å². The van der Waals surface area contributed by atoms with Crippen LogP contribution in [0.25, 0.3) is 0 Å². The molecule has 62 valence electrons. The van der Waals surface area contributed by atoms with Crippen molar-refractivity contribution in [2.24, 2.45) is 0 Å². The van der Waals surface area contributed by atoms with Crippen LogP contribution in [0, 0.1) is 0 Å².